The summed E-state index contributed by atoms with van der Waals surface area (Å²) < 4.78 is 51.2. The molecule has 1 aliphatic carbocycles. The van der Waals surface area contributed by atoms with Gasteiger partial charge in [0.05, 0.1) is 39.0 Å². The van der Waals surface area contributed by atoms with Crippen LogP contribution >= 0.6 is 11.6 Å². The lowest BCUT2D eigenvalue weighted by Crippen LogP contribution is -2.53. The lowest BCUT2D eigenvalue weighted by molar-refractivity contribution is -0.139. The maximum Gasteiger partial charge on any atom is 0.265 e. The molecule has 1 aliphatic rings. The van der Waals surface area contributed by atoms with Gasteiger partial charge in [-0.25, -0.2) is 8.42 Å². The molecule has 0 heterocycles. The predicted molar refractivity (Wildman–Crippen MR) is 180 cm³/mol. The van der Waals surface area contributed by atoms with E-state index in [2.05, 4.69) is 5.32 Å². The summed E-state index contributed by atoms with van der Waals surface area (Å²) in [7, 11) is 1.34. The Balaban J connectivity index is 1.76. The molecule has 0 aromatic heterocycles. The molecular weight excluding hydrogens is 646 g/mol. The SMILES string of the molecule is COc1ccc(CN(C(=O)CN(c2cc(Cl)ccc2OC)S(=O)(=O)c2ccc(OC)c(OC)c2)[C@H](C)C(=O)NC2CCCCC2)cc1. The molecule has 1 N–H and O–H groups in total. The maximum atomic E-state index is 14.4. The molecule has 0 saturated heterocycles. The van der Waals surface area contributed by atoms with E-state index in [1.165, 1.54) is 56.6 Å². The zero-order chi connectivity index (χ0) is 34.1. The van der Waals surface area contributed by atoms with Gasteiger partial charge in [0.25, 0.3) is 10.0 Å². The van der Waals surface area contributed by atoms with Gasteiger partial charge in [0.2, 0.25) is 11.8 Å². The molecule has 11 nitrogen and oxygen atoms in total. The Kier molecular flexibility index (Phi) is 12.2. The van der Waals surface area contributed by atoms with Crippen LogP contribution in [0.25, 0.3) is 0 Å². The van der Waals surface area contributed by atoms with Gasteiger partial charge in [0, 0.05) is 23.7 Å². The summed E-state index contributed by atoms with van der Waals surface area (Å²) >= 11 is 6.34. The number of nitrogens with one attached hydrogen (secondary N) is 1. The summed E-state index contributed by atoms with van der Waals surface area (Å²) in [4.78, 5) is 29.2. The summed E-state index contributed by atoms with van der Waals surface area (Å²) in [6, 6.07) is 14.9. The fourth-order valence-corrected chi connectivity index (χ4v) is 7.15. The summed E-state index contributed by atoms with van der Waals surface area (Å²) in [6.07, 6.45) is 4.92. The first-order chi connectivity index (χ1) is 22.5. The fraction of sp³-hybridized carbons (Fsp3) is 0.412. The Morgan fingerprint density at radius 1 is 0.851 bits per heavy atom. The van der Waals surface area contributed by atoms with Crippen LogP contribution in [-0.2, 0) is 26.2 Å². The first-order valence-corrected chi connectivity index (χ1v) is 17.1. The van der Waals surface area contributed by atoms with E-state index in [1.54, 1.807) is 44.4 Å². The summed E-state index contributed by atoms with van der Waals surface area (Å²) in [5, 5.41) is 3.33. The standard InChI is InChI=1S/C34H42ClN3O8S/c1-23(34(40)36-26-9-7-6-8-10-26)37(21-24-11-14-27(43-2)15-12-24)33(39)22-38(29-19-25(35)13-17-30(29)44-3)47(41,42)28-16-18-31(45-4)32(20-28)46-5/h11-20,23,26H,6-10,21-22H2,1-5H3,(H,36,40)/t23-/m1/s1. The van der Waals surface area contributed by atoms with E-state index in [9.17, 15) is 18.0 Å². The molecule has 47 heavy (non-hydrogen) atoms. The molecule has 0 radical (unpaired) electrons. The van der Waals surface area contributed by atoms with Gasteiger partial charge in [-0.2, -0.15) is 0 Å². The van der Waals surface area contributed by atoms with Crippen molar-refractivity contribution in [3.05, 3.63) is 71.2 Å². The monoisotopic (exact) mass is 687 g/mol. The minimum atomic E-state index is -4.45. The van der Waals surface area contributed by atoms with Crippen LogP contribution in [0.1, 0.15) is 44.6 Å². The molecule has 0 spiro atoms. The number of anilines is 1. The topological polar surface area (TPSA) is 124 Å². The number of carbonyl (C=O) groups excluding carboxylic acids is 2. The van der Waals surface area contributed by atoms with Crippen LogP contribution < -0.4 is 28.6 Å². The highest BCUT2D eigenvalue weighted by molar-refractivity contribution is 7.92. The number of hydrogen-bond donors (Lipinski definition) is 1. The van der Waals surface area contributed by atoms with E-state index < -0.39 is 28.5 Å². The quantitative estimate of drug-likeness (QED) is 0.238. The van der Waals surface area contributed by atoms with Crippen LogP contribution in [-0.4, -0.2) is 72.2 Å². The number of halogens is 1. The highest BCUT2D eigenvalue weighted by Gasteiger charge is 2.35. The molecule has 0 unspecified atom stereocenters. The van der Waals surface area contributed by atoms with Gasteiger partial charge in [-0.15, -0.1) is 0 Å². The first-order valence-electron chi connectivity index (χ1n) is 15.3. The largest absolute Gasteiger partial charge is 0.497 e. The second kappa shape index (κ2) is 16.1. The highest BCUT2D eigenvalue weighted by Crippen LogP contribution is 2.37. The van der Waals surface area contributed by atoms with Gasteiger partial charge in [-0.05, 0) is 67.8 Å². The van der Waals surface area contributed by atoms with E-state index in [0.717, 1.165) is 42.0 Å². The molecule has 4 rings (SSSR count). The van der Waals surface area contributed by atoms with Crippen LogP contribution in [0.5, 0.6) is 23.0 Å². The fourth-order valence-electron chi connectivity index (χ4n) is 5.55. The van der Waals surface area contributed by atoms with Gasteiger partial charge in [-0.1, -0.05) is 43.0 Å². The molecule has 3 aromatic rings. The minimum absolute atomic E-state index is 0.0225. The van der Waals surface area contributed by atoms with Gasteiger partial charge in [-0.3, -0.25) is 13.9 Å². The van der Waals surface area contributed by atoms with Crippen LogP contribution in [0, 0.1) is 0 Å². The third kappa shape index (κ3) is 8.61. The van der Waals surface area contributed by atoms with Crippen LogP contribution in [0.3, 0.4) is 0 Å². The van der Waals surface area contributed by atoms with Gasteiger partial charge in [0.1, 0.15) is 24.1 Å². The second-order valence-corrected chi connectivity index (χ2v) is 13.5. The van der Waals surface area contributed by atoms with Crippen molar-refractivity contribution in [3.8, 4) is 23.0 Å². The van der Waals surface area contributed by atoms with Gasteiger partial charge in [0.15, 0.2) is 11.5 Å². The van der Waals surface area contributed by atoms with Crippen molar-refractivity contribution in [2.45, 2.75) is 62.6 Å². The van der Waals surface area contributed by atoms with E-state index >= 15 is 0 Å². The summed E-state index contributed by atoms with van der Waals surface area (Å²) in [5.74, 6) is 0.405. The van der Waals surface area contributed by atoms with E-state index in [-0.39, 0.29) is 45.6 Å². The minimum Gasteiger partial charge on any atom is -0.497 e. The third-order valence-electron chi connectivity index (χ3n) is 8.26. The smallest absolute Gasteiger partial charge is 0.265 e. The first kappa shape index (κ1) is 35.7. The van der Waals surface area contributed by atoms with Crippen molar-refractivity contribution >= 4 is 39.1 Å². The van der Waals surface area contributed by atoms with E-state index in [0.29, 0.717) is 11.5 Å². The lowest BCUT2D eigenvalue weighted by atomic mass is 9.95. The van der Waals surface area contributed by atoms with Gasteiger partial charge >= 0.3 is 0 Å². The predicted octanol–water partition coefficient (Wildman–Crippen LogP) is 5.44. The van der Waals surface area contributed by atoms with E-state index in [1.807, 2.05) is 0 Å². The van der Waals surface area contributed by atoms with Crippen molar-refractivity contribution in [1.82, 2.24) is 10.2 Å². The molecule has 1 atom stereocenters. The third-order valence-corrected chi connectivity index (χ3v) is 10.3. The molecule has 0 aliphatic heterocycles. The van der Waals surface area contributed by atoms with Crippen molar-refractivity contribution in [2.75, 3.05) is 39.3 Å². The molecule has 1 saturated carbocycles. The molecule has 2 amide bonds. The number of benzene rings is 3. The zero-order valence-electron chi connectivity index (χ0n) is 27.3. The average molecular weight is 688 g/mol. The maximum absolute atomic E-state index is 14.4. The van der Waals surface area contributed by atoms with Crippen molar-refractivity contribution < 1.29 is 37.0 Å². The second-order valence-electron chi connectivity index (χ2n) is 11.2. The zero-order valence-corrected chi connectivity index (χ0v) is 28.9. The normalized spacial score (nSPS) is 14.1. The Hall–Kier alpha value is -4.16. The van der Waals surface area contributed by atoms with Gasteiger partial charge < -0.3 is 29.2 Å². The number of sulfonamides is 1. The Bertz CT molecular complexity index is 1650. The number of rotatable bonds is 14. The molecule has 254 valence electrons. The number of hydrogen-bond acceptors (Lipinski definition) is 8. The lowest BCUT2D eigenvalue weighted by Gasteiger charge is -2.33. The Morgan fingerprint density at radius 2 is 1.49 bits per heavy atom. The molecule has 0 bridgehead atoms. The number of amides is 2. The molecule has 1 fully saturated rings. The van der Waals surface area contributed by atoms with Crippen molar-refractivity contribution in [3.63, 3.8) is 0 Å². The highest BCUT2D eigenvalue weighted by atomic mass is 35.5. The average Bonchev–Trinajstić information content (AvgIpc) is 3.09. The van der Waals surface area contributed by atoms with Crippen molar-refractivity contribution in [2.24, 2.45) is 0 Å². The van der Waals surface area contributed by atoms with Crippen LogP contribution in [0.15, 0.2) is 65.6 Å². The Labute approximate surface area is 281 Å². The number of methoxy groups -OCH3 is 4. The molecule has 13 heteroatoms. The Morgan fingerprint density at radius 3 is 2.11 bits per heavy atom. The number of ether oxygens (including phenoxy) is 4. The molecular formula is C34H42ClN3O8S. The molecule has 3 aromatic carbocycles. The van der Waals surface area contributed by atoms with E-state index in [4.69, 9.17) is 30.5 Å². The number of nitrogens with zero attached hydrogens (tertiary/aromatic N) is 2. The summed E-state index contributed by atoms with van der Waals surface area (Å²) in [5.41, 5.74) is 0.776. The number of carbonyl (C=O) groups is 2. The van der Waals surface area contributed by atoms with Crippen LogP contribution in [0.4, 0.5) is 5.69 Å². The van der Waals surface area contributed by atoms with Crippen LogP contribution in [0.2, 0.25) is 5.02 Å². The van der Waals surface area contributed by atoms with Crippen molar-refractivity contribution in [1.29, 1.82) is 0 Å². The summed E-state index contributed by atoms with van der Waals surface area (Å²) in [6.45, 7) is 1.02.